The molecule has 2 amide bonds. The van der Waals surface area contributed by atoms with Crippen LogP contribution >= 0.6 is 0 Å². The predicted octanol–water partition coefficient (Wildman–Crippen LogP) is 3.05. The van der Waals surface area contributed by atoms with Gasteiger partial charge in [-0.25, -0.2) is 8.78 Å². The monoisotopic (exact) mass is 411 g/mol. The van der Waals surface area contributed by atoms with Crippen LogP contribution < -0.4 is 5.32 Å². The van der Waals surface area contributed by atoms with Gasteiger partial charge in [0.1, 0.15) is 6.54 Å². The molecule has 2 aromatic carbocycles. The van der Waals surface area contributed by atoms with E-state index in [4.69, 9.17) is 0 Å². The molecular formula is C21H19F2N5O2. The van der Waals surface area contributed by atoms with Crippen LogP contribution in [0.15, 0.2) is 36.4 Å². The third kappa shape index (κ3) is 3.06. The van der Waals surface area contributed by atoms with Gasteiger partial charge in [0.15, 0.2) is 0 Å². The van der Waals surface area contributed by atoms with Gasteiger partial charge in [0.05, 0.1) is 29.9 Å². The van der Waals surface area contributed by atoms with Gasteiger partial charge in [0.25, 0.3) is 11.8 Å². The molecule has 5 rings (SSSR count). The first-order valence-electron chi connectivity index (χ1n) is 9.59. The number of fused-ring (bicyclic) bond motifs is 2. The number of aryl methyl sites for hydroxylation is 1. The first-order valence-corrected chi connectivity index (χ1v) is 9.59. The highest BCUT2D eigenvalue weighted by molar-refractivity contribution is 6.05. The average Bonchev–Trinajstić information content (AvgIpc) is 3.20. The van der Waals surface area contributed by atoms with Crippen LogP contribution in [-0.2, 0) is 11.3 Å². The molecule has 0 unspecified atom stereocenters. The summed E-state index contributed by atoms with van der Waals surface area (Å²) in [6, 6.07) is 11.2. The number of likely N-dealkylation sites (tertiary alicyclic amines) is 1. The van der Waals surface area contributed by atoms with Crippen molar-refractivity contribution in [2.45, 2.75) is 19.4 Å². The summed E-state index contributed by atoms with van der Waals surface area (Å²) in [5.41, 5.74) is 4.51. The second kappa shape index (κ2) is 6.51. The Morgan fingerprint density at radius 1 is 1.27 bits per heavy atom. The minimum Gasteiger partial charge on any atom is -0.355 e. The van der Waals surface area contributed by atoms with Gasteiger partial charge in [0.2, 0.25) is 5.91 Å². The Morgan fingerprint density at radius 3 is 2.83 bits per heavy atom. The maximum Gasteiger partial charge on any atom is 0.282 e. The highest BCUT2D eigenvalue weighted by atomic mass is 19.3. The highest BCUT2D eigenvalue weighted by Gasteiger charge is 2.46. The molecule has 0 saturated carbocycles. The van der Waals surface area contributed by atoms with Gasteiger partial charge in [0, 0.05) is 23.3 Å². The van der Waals surface area contributed by atoms with E-state index in [1.54, 1.807) is 6.07 Å². The molecular weight excluding hydrogens is 392 g/mol. The minimum absolute atomic E-state index is 0.207. The zero-order valence-corrected chi connectivity index (χ0v) is 16.2. The van der Waals surface area contributed by atoms with Gasteiger partial charge >= 0.3 is 0 Å². The zero-order valence-electron chi connectivity index (χ0n) is 16.2. The summed E-state index contributed by atoms with van der Waals surface area (Å²) in [4.78, 5) is 27.7. The predicted molar refractivity (Wildman–Crippen MR) is 107 cm³/mol. The number of anilines is 2. The Bertz CT molecular complexity index is 1180. The lowest BCUT2D eigenvalue weighted by atomic mass is 10.1. The number of nitrogens with one attached hydrogen (secondary N) is 2. The third-order valence-electron chi connectivity index (χ3n) is 5.56. The fraction of sp³-hybridized carbons (Fsp3) is 0.286. The third-order valence-corrected chi connectivity index (χ3v) is 5.56. The van der Waals surface area contributed by atoms with Crippen LogP contribution in [0.1, 0.15) is 21.6 Å². The lowest BCUT2D eigenvalue weighted by Gasteiger charge is -2.39. The molecule has 154 valence electrons. The maximum atomic E-state index is 13.0. The van der Waals surface area contributed by atoms with Crippen molar-refractivity contribution in [3.05, 3.63) is 53.2 Å². The van der Waals surface area contributed by atoms with Gasteiger partial charge in [-0.15, -0.1) is 0 Å². The largest absolute Gasteiger partial charge is 0.355 e. The fourth-order valence-electron chi connectivity index (χ4n) is 3.98. The molecule has 1 saturated heterocycles. The molecule has 30 heavy (non-hydrogen) atoms. The van der Waals surface area contributed by atoms with Crippen LogP contribution in [0.25, 0.3) is 10.9 Å². The van der Waals surface area contributed by atoms with E-state index in [0.717, 1.165) is 32.7 Å². The second-order valence-corrected chi connectivity index (χ2v) is 7.81. The van der Waals surface area contributed by atoms with Crippen LogP contribution in [0.2, 0.25) is 0 Å². The summed E-state index contributed by atoms with van der Waals surface area (Å²) in [7, 11) is 0. The molecule has 3 heterocycles. The number of hydrogen-bond acceptors (Lipinski definition) is 4. The molecule has 0 aliphatic carbocycles. The van der Waals surface area contributed by atoms with E-state index in [0.29, 0.717) is 11.3 Å². The van der Waals surface area contributed by atoms with Crippen LogP contribution in [0.5, 0.6) is 0 Å². The highest BCUT2D eigenvalue weighted by Crippen LogP contribution is 2.33. The van der Waals surface area contributed by atoms with Crippen molar-refractivity contribution in [2.24, 2.45) is 0 Å². The zero-order chi connectivity index (χ0) is 21.0. The van der Waals surface area contributed by atoms with E-state index >= 15 is 0 Å². The summed E-state index contributed by atoms with van der Waals surface area (Å²) in [5.74, 6) is -3.57. The number of aromatic nitrogens is 2. The number of halogens is 2. The van der Waals surface area contributed by atoms with E-state index in [-0.39, 0.29) is 19.0 Å². The van der Waals surface area contributed by atoms with Crippen LogP contribution in [-0.4, -0.2) is 57.4 Å². The Morgan fingerprint density at radius 2 is 2.07 bits per heavy atom. The van der Waals surface area contributed by atoms with Gasteiger partial charge in [-0.1, -0.05) is 12.1 Å². The SMILES string of the molecule is Cc1[nH]nc2cc(Nc3cccc4c3C(=O)N(CC(=O)N3CC(F)(F)C3)C4)ccc12. The number of rotatable bonds is 4. The van der Waals surface area contributed by atoms with E-state index in [1.807, 2.05) is 37.3 Å². The number of nitrogens with zero attached hydrogens (tertiary/aromatic N) is 3. The van der Waals surface area contributed by atoms with E-state index in [2.05, 4.69) is 15.5 Å². The molecule has 0 atom stereocenters. The molecule has 1 aromatic heterocycles. The summed E-state index contributed by atoms with van der Waals surface area (Å²) in [6.45, 7) is 0.854. The van der Waals surface area contributed by atoms with Gasteiger partial charge in [-0.05, 0) is 36.8 Å². The Hall–Kier alpha value is -3.49. The number of benzene rings is 2. The smallest absolute Gasteiger partial charge is 0.282 e. The summed E-state index contributed by atoms with van der Waals surface area (Å²) in [6.07, 6.45) is 0. The van der Waals surface area contributed by atoms with Gasteiger partial charge < -0.3 is 15.1 Å². The van der Waals surface area contributed by atoms with Gasteiger partial charge in [-0.2, -0.15) is 5.10 Å². The number of hydrogen-bond donors (Lipinski definition) is 2. The molecule has 7 nitrogen and oxygen atoms in total. The number of amides is 2. The fourth-order valence-corrected chi connectivity index (χ4v) is 3.98. The van der Waals surface area contributed by atoms with E-state index < -0.39 is 24.9 Å². The molecule has 0 spiro atoms. The van der Waals surface area contributed by atoms with Crippen molar-refractivity contribution in [2.75, 3.05) is 25.0 Å². The lowest BCUT2D eigenvalue weighted by Crippen LogP contribution is -2.60. The number of alkyl halides is 2. The average molecular weight is 411 g/mol. The molecule has 9 heteroatoms. The molecule has 2 aliphatic heterocycles. The van der Waals surface area contributed by atoms with E-state index in [1.165, 1.54) is 4.90 Å². The lowest BCUT2D eigenvalue weighted by molar-refractivity contribution is -0.166. The van der Waals surface area contributed by atoms with Gasteiger partial charge in [-0.3, -0.25) is 14.7 Å². The quantitative estimate of drug-likeness (QED) is 0.692. The topological polar surface area (TPSA) is 81.3 Å². The Balaban J connectivity index is 1.35. The first kappa shape index (κ1) is 18.5. The van der Waals surface area contributed by atoms with Crippen molar-refractivity contribution < 1.29 is 18.4 Å². The summed E-state index contributed by atoms with van der Waals surface area (Å²) < 4.78 is 26.0. The van der Waals surface area contributed by atoms with Crippen LogP contribution in [0.4, 0.5) is 20.2 Å². The van der Waals surface area contributed by atoms with Crippen LogP contribution in [0.3, 0.4) is 0 Å². The Labute approximate surface area is 170 Å². The van der Waals surface area contributed by atoms with E-state index in [9.17, 15) is 18.4 Å². The molecule has 0 radical (unpaired) electrons. The van der Waals surface area contributed by atoms with Crippen LogP contribution in [0, 0.1) is 6.92 Å². The number of carbonyl (C=O) groups is 2. The molecule has 2 aliphatic rings. The molecule has 0 bridgehead atoms. The van der Waals surface area contributed by atoms with Crippen molar-refractivity contribution in [3.63, 3.8) is 0 Å². The molecule has 2 N–H and O–H groups in total. The van der Waals surface area contributed by atoms with Crippen molar-refractivity contribution in [3.8, 4) is 0 Å². The van der Waals surface area contributed by atoms with Crippen molar-refractivity contribution in [1.29, 1.82) is 0 Å². The minimum atomic E-state index is -2.82. The van der Waals surface area contributed by atoms with Crippen molar-refractivity contribution >= 4 is 34.1 Å². The second-order valence-electron chi connectivity index (χ2n) is 7.81. The Kier molecular flexibility index (Phi) is 4.02. The first-order chi connectivity index (χ1) is 14.3. The normalized spacial score (nSPS) is 17.2. The number of aromatic amines is 1. The maximum absolute atomic E-state index is 13.0. The summed E-state index contributed by atoms with van der Waals surface area (Å²) >= 11 is 0. The molecule has 1 fully saturated rings. The van der Waals surface area contributed by atoms with Crippen molar-refractivity contribution in [1.82, 2.24) is 20.0 Å². The number of carbonyl (C=O) groups excluding carboxylic acids is 2. The summed E-state index contributed by atoms with van der Waals surface area (Å²) in [5, 5.41) is 11.5. The molecule has 3 aromatic rings. The standard InChI is InChI=1S/C21H19F2N5O2/c1-12-15-6-5-14(7-17(15)26-25-12)24-16-4-2-3-13-8-27(20(30)19(13)16)9-18(29)28-10-21(22,23)11-28/h2-7,24H,8-11H2,1H3,(H,25,26). The number of H-pyrrole nitrogens is 1.